The number of amides is 1. The van der Waals surface area contributed by atoms with Crippen LogP contribution in [0, 0.1) is 5.92 Å². The number of piperazine rings is 1. The van der Waals surface area contributed by atoms with Gasteiger partial charge in [0, 0.05) is 26.2 Å². The van der Waals surface area contributed by atoms with E-state index in [1.165, 1.54) is 10.4 Å². The molecule has 0 spiro atoms. The number of sulfone groups is 1. The molecular formula is C13H17ClN2O5S3. The largest absolute Gasteiger partial charge is 0.340 e. The van der Waals surface area contributed by atoms with E-state index in [1.807, 2.05) is 0 Å². The molecular weight excluding hydrogens is 396 g/mol. The number of nitrogens with zero attached hydrogens (tertiary/aromatic N) is 2. The summed E-state index contributed by atoms with van der Waals surface area (Å²) in [5.41, 5.74) is 0. The first kappa shape index (κ1) is 18.1. The van der Waals surface area contributed by atoms with Crippen molar-refractivity contribution in [1.82, 2.24) is 9.21 Å². The third-order valence-electron chi connectivity index (χ3n) is 4.27. The molecule has 11 heteroatoms. The Morgan fingerprint density at radius 1 is 1.21 bits per heavy atom. The van der Waals surface area contributed by atoms with Gasteiger partial charge in [0.1, 0.15) is 4.21 Å². The second-order valence-electron chi connectivity index (χ2n) is 5.89. The van der Waals surface area contributed by atoms with E-state index in [4.69, 9.17) is 11.6 Å². The van der Waals surface area contributed by atoms with Crippen molar-refractivity contribution in [2.45, 2.75) is 10.6 Å². The summed E-state index contributed by atoms with van der Waals surface area (Å²) in [4.78, 5) is 14.0. The standard InChI is InChI=1S/C13H17ClN2O5S3/c14-11-1-2-12(22-11)24(20,21)16-6-4-15(5-7-16)13(17)10-3-8-23(18,19)9-10/h1-2,10H,3-9H2. The molecule has 24 heavy (non-hydrogen) atoms. The maximum Gasteiger partial charge on any atom is 0.252 e. The Morgan fingerprint density at radius 2 is 1.88 bits per heavy atom. The third kappa shape index (κ3) is 3.62. The highest BCUT2D eigenvalue weighted by molar-refractivity contribution is 7.91. The van der Waals surface area contributed by atoms with Gasteiger partial charge in [0.05, 0.1) is 21.8 Å². The summed E-state index contributed by atoms with van der Waals surface area (Å²) in [6.45, 7) is 0.938. The molecule has 0 N–H and O–H groups in total. The van der Waals surface area contributed by atoms with Crippen LogP contribution in [0.4, 0.5) is 0 Å². The van der Waals surface area contributed by atoms with Crippen LogP contribution in [0.2, 0.25) is 4.34 Å². The smallest absolute Gasteiger partial charge is 0.252 e. The number of rotatable bonds is 3. The van der Waals surface area contributed by atoms with E-state index in [1.54, 1.807) is 11.0 Å². The minimum atomic E-state index is -3.59. The molecule has 0 aliphatic carbocycles. The molecule has 0 bridgehead atoms. The van der Waals surface area contributed by atoms with Gasteiger partial charge in [0.2, 0.25) is 5.91 Å². The Hall–Kier alpha value is -0.680. The first-order valence-electron chi connectivity index (χ1n) is 7.44. The maximum absolute atomic E-state index is 12.5. The number of hydrogen-bond acceptors (Lipinski definition) is 6. The van der Waals surface area contributed by atoms with E-state index in [0.717, 1.165) is 11.3 Å². The van der Waals surface area contributed by atoms with Crippen LogP contribution in [0.15, 0.2) is 16.3 Å². The van der Waals surface area contributed by atoms with Gasteiger partial charge in [0.15, 0.2) is 9.84 Å². The predicted molar refractivity (Wildman–Crippen MR) is 91.4 cm³/mol. The lowest BCUT2D eigenvalue weighted by atomic mass is 10.1. The normalized spacial score (nSPS) is 25.0. The molecule has 3 heterocycles. The van der Waals surface area contributed by atoms with Crippen molar-refractivity contribution in [3.63, 3.8) is 0 Å². The second kappa shape index (κ2) is 6.56. The molecule has 3 rings (SSSR count). The van der Waals surface area contributed by atoms with E-state index >= 15 is 0 Å². The topological polar surface area (TPSA) is 91.8 Å². The predicted octanol–water partition coefficient (Wildman–Crippen LogP) is 0.669. The molecule has 1 aromatic heterocycles. The van der Waals surface area contributed by atoms with E-state index in [9.17, 15) is 21.6 Å². The molecule has 7 nitrogen and oxygen atoms in total. The van der Waals surface area contributed by atoms with Gasteiger partial charge in [-0.3, -0.25) is 4.79 Å². The molecule has 2 aliphatic heterocycles. The zero-order chi connectivity index (χ0) is 17.5. The number of sulfonamides is 1. The summed E-state index contributed by atoms with van der Waals surface area (Å²) in [6.07, 6.45) is 0.355. The number of carbonyl (C=O) groups excluding carboxylic acids is 1. The summed E-state index contributed by atoms with van der Waals surface area (Å²) in [5, 5.41) is 0. The summed E-state index contributed by atoms with van der Waals surface area (Å²) in [5.74, 6) is -0.726. The minimum absolute atomic E-state index is 0.0525. The number of thiophene rings is 1. The Kier molecular flexibility index (Phi) is 4.95. The first-order valence-corrected chi connectivity index (χ1v) is 11.9. The van der Waals surface area contributed by atoms with Crippen LogP contribution in [0.3, 0.4) is 0 Å². The average molecular weight is 413 g/mol. The molecule has 2 aliphatic rings. The lowest BCUT2D eigenvalue weighted by Crippen LogP contribution is -2.51. The van der Waals surface area contributed by atoms with E-state index in [2.05, 4.69) is 0 Å². The number of halogens is 1. The fourth-order valence-corrected chi connectivity index (χ4v) is 7.75. The van der Waals surface area contributed by atoms with Gasteiger partial charge in [-0.1, -0.05) is 11.6 Å². The van der Waals surface area contributed by atoms with Crippen molar-refractivity contribution in [3.8, 4) is 0 Å². The van der Waals surface area contributed by atoms with Crippen LogP contribution in [0.5, 0.6) is 0 Å². The highest BCUT2D eigenvalue weighted by Crippen LogP contribution is 2.29. The monoisotopic (exact) mass is 412 g/mol. The summed E-state index contributed by atoms with van der Waals surface area (Å²) in [6, 6.07) is 3.02. The van der Waals surface area contributed by atoms with Crippen molar-refractivity contribution in [2.75, 3.05) is 37.7 Å². The van der Waals surface area contributed by atoms with Crippen molar-refractivity contribution in [3.05, 3.63) is 16.5 Å². The van der Waals surface area contributed by atoms with E-state index < -0.39 is 25.8 Å². The zero-order valence-electron chi connectivity index (χ0n) is 12.7. The van der Waals surface area contributed by atoms with Crippen LogP contribution < -0.4 is 0 Å². The van der Waals surface area contributed by atoms with Crippen LogP contribution in [-0.2, 0) is 24.7 Å². The minimum Gasteiger partial charge on any atom is -0.340 e. The number of carbonyl (C=O) groups is 1. The molecule has 2 saturated heterocycles. The van der Waals surface area contributed by atoms with Gasteiger partial charge in [-0.2, -0.15) is 4.31 Å². The van der Waals surface area contributed by atoms with Gasteiger partial charge in [-0.25, -0.2) is 16.8 Å². The fraction of sp³-hybridized carbons (Fsp3) is 0.615. The summed E-state index contributed by atoms with van der Waals surface area (Å²) < 4.78 is 50.0. The highest BCUT2D eigenvalue weighted by atomic mass is 35.5. The number of hydrogen-bond donors (Lipinski definition) is 0. The molecule has 1 atom stereocenters. The Morgan fingerprint density at radius 3 is 2.38 bits per heavy atom. The van der Waals surface area contributed by atoms with Gasteiger partial charge in [0.25, 0.3) is 10.0 Å². The molecule has 0 saturated carbocycles. The first-order chi connectivity index (χ1) is 11.2. The molecule has 0 radical (unpaired) electrons. The van der Waals surface area contributed by atoms with Crippen LogP contribution >= 0.6 is 22.9 Å². The van der Waals surface area contributed by atoms with Gasteiger partial charge in [-0.15, -0.1) is 11.3 Å². The zero-order valence-corrected chi connectivity index (χ0v) is 15.9. The molecule has 1 unspecified atom stereocenters. The molecule has 134 valence electrons. The van der Waals surface area contributed by atoms with Crippen molar-refractivity contribution >= 4 is 48.7 Å². The highest BCUT2D eigenvalue weighted by Gasteiger charge is 2.37. The molecule has 0 aromatic carbocycles. The second-order valence-corrected chi connectivity index (χ2v) is 12.0. The third-order valence-corrected chi connectivity index (χ3v) is 9.64. The lowest BCUT2D eigenvalue weighted by molar-refractivity contribution is -0.135. The Balaban J connectivity index is 1.63. The van der Waals surface area contributed by atoms with Crippen molar-refractivity contribution in [2.24, 2.45) is 5.92 Å². The fourth-order valence-electron chi connectivity index (χ4n) is 2.96. The van der Waals surface area contributed by atoms with Crippen LogP contribution in [0.25, 0.3) is 0 Å². The molecule has 1 aromatic rings. The van der Waals surface area contributed by atoms with Crippen LogP contribution in [-0.4, -0.2) is 69.6 Å². The van der Waals surface area contributed by atoms with Gasteiger partial charge < -0.3 is 4.90 Å². The molecule has 2 fully saturated rings. The summed E-state index contributed by atoms with van der Waals surface area (Å²) >= 11 is 6.80. The summed E-state index contributed by atoms with van der Waals surface area (Å²) in [7, 11) is -6.71. The Bertz CT molecular complexity index is 841. The average Bonchev–Trinajstić information content (AvgIpc) is 3.12. The lowest BCUT2D eigenvalue weighted by Gasteiger charge is -2.34. The SMILES string of the molecule is O=C(C1CCS(=O)(=O)C1)N1CCN(S(=O)(=O)c2ccc(Cl)s2)CC1. The maximum atomic E-state index is 12.5. The van der Waals surface area contributed by atoms with Gasteiger partial charge >= 0.3 is 0 Å². The van der Waals surface area contributed by atoms with Crippen LogP contribution in [0.1, 0.15) is 6.42 Å². The molecule has 1 amide bonds. The van der Waals surface area contributed by atoms with Crippen molar-refractivity contribution < 1.29 is 21.6 Å². The van der Waals surface area contributed by atoms with E-state index in [-0.39, 0.29) is 47.8 Å². The Labute approximate surface area is 150 Å². The van der Waals surface area contributed by atoms with Crippen molar-refractivity contribution in [1.29, 1.82) is 0 Å². The quantitative estimate of drug-likeness (QED) is 0.727. The van der Waals surface area contributed by atoms with Gasteiger partial charge in [-0.05, 0) is 18.6 Å². The van der Waals surface area contributed by atoms with E-state index in [0.29, 0.717) is 10.8 Å².